The van der Waals surface area contributed by atoms with E-state index in [1.807, 2.05) is 0 Å². The van der Waals surface area contributed by atoms with Crippen molar-refractivity contribution in [2.75, 3.05) is 14.1 Å². The minimum atomic E-state index is 0.561. The second-order valence-corrected chi connectivity index (χ2v) is 3.30. The fourth-order valence-electron chi connectivity index (χ4n) is 1.57. The third-order valence-corrected chi connectivity index (χ3v) is 2.19. The van der Waals surface area contributed by atoms with Gasteiger partial charge < -0.3 is 4.90 Å². The van der Waals surface area contributed by atoms with Gasteiger partial charge in [-0.05, 0) is 26.1 Å². The van der Waals surface area contributed by atoms with Gasteiger partial charge in [-0.15, -0.1) is 0 Å². The topological polar surface area (TPSA) is 3.24 Å². The van der Waals surface area contributed by atoms with E-state index in [0.29, 0.717) is 6.04 Å². The van der Waals surface area contributed by atoms with Crippen LogP contribution in [-0.2, 0) is 0 Å². The van der Waals surface area contributed by atoms with Crippen molar-refractivity contribution in [2.24, 2.45) is 0 Å². The average Bonchev–Trinajstić information content (AvgIpc) is 2.07. The predicted molar refractivity (Wildman–Crippen MR) is 53.2 cm³/mol. The highest BCUT2D eigenvalue weighted by Crippen LogP contribution is 2.20. The molecule has 0 saturated carbocycles. The molecular formula is C11H17N. The lowest BCUT2D eigenvalue weighted by atomic mass is 10.0. The molecule has 0 aliphatic carbocycles. The molecular weight excluding hydrogens is 146 g/mol. The van der Waals surface area contributed by atoms with Crippen molar-refractivity contribution in [1.29, 1.82) is 0 Å². The average molecular weight is 163 g/mol. The van der Waals surface area contributed by atoms with Gasteiger partial charge in [0.15, 0.2) is 0 Å². The van der Waals surface area contributed by atoms with E-state index in [-0.39, 0.29) is 0 Å². The maximum absolute atomic E-state index is 2.26. The first-order valence-corrected chi connectivity index (χ1v) is 4.47. The fourth-order valence-corrected chi connectivity index (χ4v) is 1.57. The molecule has 0 aliphatic rings. The van der Waals surface area contributed by atoms with Crippen LogP contribution in [0, 0.1) is 0 Å². The highest BCUT2D eigenvalue weighted by atomic mass is 15.1. The number of benzene rings is 1. The first-order valence-electron chi connectivity index (χ1n) is 4.47. The lowest BCUT2D eigenvalue weighted by molar-refractivity contribution is 0.292. The summed E-state index contributed by atoms with van der Waals surface area (Å²) >= 11 is 0. The van der Waals surface area contributed by atoms with Gasteiger partial charge in [0.2, 0.25) is 0 Å². The van der Waals surface area contributed by atoms with Gasteiger partial charge in [-0.25, -0.2) is 0 Å². The number of hydrogen-bond acceptors (Lipinski definition) is 1. The molecule has 0 spiro atoms. The molecule has 0 radical (unpaired) electrons. The highest BCUT2D eigenvalue weighted by Gasteiger charge is 2.09. The molecule has 0 fully saturated rings. The Morgan fingerprint density at radius 3 is 2.17 bits per heavy atom. The molecule has 0 saturated heterocycles. The summed E-state index contributed by atoms with van der Waals surface area (Å²) in [5.41, 5.74) is 1.41. The Morgan fingerprint density at radius 2 is 1.75 bits per heavy atom. The zero-order valence-corrected chi connectivity index (χ0v) is 8.12. The molecule has 1 heteroatoms. The van der Waals surface area contributed by atoms with Crippen LogP contribution in [0.15, 0.2) is 30.3 Å². The number of nitrogens with zero attached hydrogens (tertiary/aromatic N) is 1. The summed E-state index contributed by atoms with van der Waals surface area (Å²) in [5, 5.41) is 0. The summed E-state index contributed by atoms with van der Waals surface area (Å²) in [6.45, 7) is 2.22. The Hall–Kier alpha value is -0.820. The van der Waals surface area contributed by atoms with Crippen LogP contribution in [-0.4, -0.2) is 19.0 Å². The molecule has 1 aromatic carbocycles. The van der Waals surface area contributed by atoms with E-state index in [2.05, 4.69) is 56.3 Å². The third-order valence-electron chi connectivity index (χ3n) is 2.19. The van der Waals surface area contributed by atoms with Crippen molar-refractivity contribution in [2.45, 2.75) is 19.4 Å². The van der Waals surface area contributed by atoms with Crippen molar-refractivity contribution in [3.63, 3.8) is 0 Å². The van der Waals surface area contributed by atoms with Crippen molar-refractivity contribution >= 4 is 0 Å². The van der Waals surface area contributed by atoms with Crippen LogP contribution in [0.1, 0.15) is 24.9 Å². The van der Waals surface area contributed by atoms with Crippen LogP contribution in [0.25, 0.3) is 0 Å². The van der Waals surface area contributed by atoms with Crippen molar-refractivity contribution < 1.29 is 0 Å². The Bertz CT molecular complexity index is 216. The largest absolute Gasteiger partial charge is 0.302 e. The zero-order valence-electron chi connectivity index (χ0n) is 8.12. The summed E-state index contributed by atoms with van der Waals surface area (Å²) in [4.78, 5) is 2.26. The molecule has 0 aliphatic heterocycles. The molecule has 1 atom stereocenters. The Morgan fingerprint density at radius 1 is 1.17 bits per heavy atom. The quantitative estimate of drug-likeness (QED) is 0.662. The second-order valence-electron chi connectivity index (χ2n) is 3.30. The molecule has 0 heterocycles. The SMILES string of the molecule is CCC(c1ccccc1)N(C)C. The van der Waals surface area contributed by atoms with E-state index < -0.39 is 0 Å². The third kappa shape index (κ3) is 2.08. The van der Waals surface area contributed by atoms with Crippen LogP contribution < -0.4 is 0 Å². The summed E-state index contributed by atoms with van der Waals surface area (Å²) in [5.74, 6) is 0. The maximum Gasteiger partial charge on any atom is 0.0339 e. The molecule has 1 nitrogen and oxygen atoms in total. The monoisotopic (exact) mass is 163 g/mol. The first-order chi connectivity index (χ1) is 5.75. The van der Waals surface area contributed by atoms with Crippen molar-refractivity contribution in [1.82, 2.24) is 4.90 Å². The number of hydrogen-bond donors (Lipinski definition) is 0. The molecule has 0 amide bonds. The molecule has 66 valence electrons. The van der Waals surface area contributed by atoms with Gasteiger partial charge in [-0.1, -0.05) is 37.3 Å². The predicted octanol–water partition coefficient (Wildman–Crippen LogP) is 2.70. The molecule has 1 rings (SSSR count). The smallest absolute Gasteiger partial charge is 0.0339 e. The normalized spacial score (nSPS) is 13.3. The molecule has 0 N–H and O–H groups in total. The summed E-state index contributed by atoms with van der Waals surface area (Å²) in [6.07, 6.45) is 1.16. The second kappa shape index (κ2) is 4.27. The minimum Gasteiger partial charge on any atom is -0.302 e. The van der Waals surface area contributed by atoms with Gasteiger partial charge in [0.05, 0.1) is 0 Å². The maximum atomic E-state index is 2.26. The molecule has 12 heavy (non-hydrogen) atoms. The van der Waals surface area contributed by atoms with Crippen LogP contribution in [0.2, 0.25) is 0 Å². The van der Waals surface area contributed by atoms with Crippen LogP contribution in [0.5, 0.6) is 0 Å². The van der Waals surface area contributed by atoms with Crippen LogP contribution >= 0.6 is 0 Å². The van der Waals surface area contributed by atoms with Crippen molar-refractivity contribution in [3.8, 4) is 0 Å². The summed E-state index contributed by atoms with van der Waals surface area (Å²) in [7, 11) is 4.25. The lowest BCUT2D eigenvalue weighted by Crippen LogP contribution is -2.18. The van der Waals surface area contributed by atoms with E-state index in [1.165, 1.54) is 5.56 Å². The molecule has 0 bridgehead atoms. The number of rotatable bonds is 3. The van der Waals surface area contributed by atoms with Crippen LogP contribution in [0.4, 0.5) is 0 Å². The highest BCUT2D eigenvalue weighted by molar-refractivity contribution is 5.18. The van der Waals surface area contributed by atoms with Gasteiger partial charge in [0, 0.05) is 6.04 Å². The molecule has 0 aromatic heterocycles. The van der Waals surface area contributed by atoms with Gasteiger partial charge in [-0.3, -0.25) is 0 Å². The summed E-state index contributed by atoms with van der Waals surface area (Å²) < 4.78 is 0. The van der Waals surface area contributed by atoms with Gasteiger partial charge in [0.1, 0.15) is 0 Å². The standard InChI is InChI=1S/C11H17N/c1-4-11(12(2)3)10-8-6-5-7-9-10/h5-9,11H,4H2,1-3H3. The minimum absolute atomic E-state index is 0.561. The van der Waals surface area contributed by atoms with Crippen LogP contribution in [0.3, 0.4) is 0 Å². The van der Waals surface area contributed by atoms with Gasteiger partial charge in [0.25, 0.3) is 0 Å². The van der Waals surface area contributed by atoms with E-state index in [1.54, 1.807) is 0 Å². The Kier molecular flexibility index (Phi) is 3.30. The molecule has 1 unspecified atom stereocenters. The fraction of sp³-hybridized carbons (Fsp3) is 0.455. The zero-order chi connectivity index (χ0) is 8.97. The lowest BCUT2D eigenvalue weighted by Gasteiger charge is -2.22. The van der Waals surface area contributed by atoms with E-state index in [9.17, 15) is 0 Å². The van der Waals surface area contributed by atoms with Crippen molar-refractivity contribution in [3.05, 3.63) is 35.9 Å². The van der Waals surface area contributed by atoms with E-state index >= 15 is 0 Å². The molecule has 1 aromatic rings. The van der Waals surface area contributed by atoms with Gasteiger partial charge >= 0.3 is 0 Å². The first kappa shape index (κ1) is 9.27. The Labute approximate surface area is 75.0 Å². The summed E-state index contributed by atoms with van der Waals surface area (Å²) in [6, 6.07) is 11.2. The Balaban J connectivity index is 2.80. The van der Waals surface area contributed by atoms with Gasteiger partial charge in [-0.2, -0.15) is 0 Å². The van der Waals surface area contributed by atoms with E-state index in [0.717, 1.165) is 6.42 Å². The van der Waals surface area contributed by atoms with E-state index in [4.69, 9.17) is 0 Å².